The van der Waals surface area contributed by atoms with Gasteiger partial charge in [0.2, 0.25) is 5.95 Å². The van der Waals surface area contributed by atoms with Crippen LogP contribution in [0.5, 0.6) is 5.75 Å². The van der Waals surface area contributed by atoms with Crippen LogP contribution in [0, 0.1) is 0 Å². The lowest BCUT2D eigenvalue weighted by Gasteiger charge is -2.25. The highest BCUT2D eigenvalue weighted by molar-refractivity contribution is 6.30. The highest BCUT2D eigenvalue weighted by atomic mass is 35.5. The number of aryl methyl sites for hydroxylation is 2. The maximum Gasteiger partial charge on any atom is 0.407 e. The zero-order valence-electron chi connectivity index (χ0n) is 25.4. The number of hydrogen-bond acceptors (Lipinski definition) is 8. The van der Waals surface area contributed by atoms with Crippen molar-refractivity contribution < 1.29 is 23.8 Å². The number of carbonyl (C=O) groups excluding carboxylic acids is 2. The van der Waals surface area contributed by atoms with E-state index < -0.39 is 17.7 Å². The molecule has 1 saturated heterocycles. The molecule has 10 heteroatoms. The van der Waals surface area contributed by atoms with Crippen LogP contribution >= 0.6 is 11.6 Å². The number of halogens is 1. The van der Waals surface area contributed by atoms with Crippen LogP contribution in [-0.2, 0) is 22.3 Å². The minimum Gasteiger partial charge on any atom is -0.493 e. The predicted molar refractivity (Wildman–Crippen MR) is 167 cm³/mol. The molecule has 43 heavy (non-hydrogen) atoms. The van der Waals surface area contributed by atoms with Gasteiger partial charge >= 0.3 is 12.1 Å². The molecule has 1 aliphatic heterocycles. The van der Waals surface area contributed by atoms with E-state index in [1.807, 2.05) is 69.3 Å². The highest BCUT2D eigenvalue weighted by Crippen LogP contribution is 2.35. The monoisotopic (exact) mass is 608 g/mol. The molecule has 4 rings (SSSR count). The number of para-hydroxylation sites is 1. The van der Waals surface area contributed by atoms with Gasteiger partial charge in [-0.05, 0) is 88.6 Å². The Labute approximate surface area is 258 Å². The molecule has 1 N–H and O–H groups in total. The smallest absolute Gasteiger partial charge is 0.407 e. The van der Waals surface area contributed by atoms with Crippen molar-refractivity contribution in [2.45, 2.75) is 70.9 Å². The first-order valence-electron chi connectivity index (χ1n) is 14.8. The summed E-state index contributed by atoms with van der Waals surface area (Å²) in [7, 11) is 1.36. The first kappa shape index (κ1) is 32.1. The fraction of sp³-hybridized carbons (Fsp3) is 0.455. The van der Waals surface area contributed by atoms with Gasteiger partial charge in [-0.25, -0.2) is 19.6 Å². The van der Waals surface area contributed by atoms with Gasteiger partial charge in [-0.1, -0.05) is 41.9 Å². The molecule has 3 aromatic rings. The van der Waals surface area contributed by atoms with E-state index in [-0.39, 0.29) is 6.04 Å². The molecule has 1 fully saturated rings. The molecule has 1 aromatic heterocycles. The van der Waals surface area contributed by atoms with E-state index in [9.17, 15) is 9.59 Å². The van der Waals surface area contributed by atoms with Crippen LogP contribution in [0.3, 0.4) is 0 Å². The summed E-state index contributed by atoms with van der Waals surface area (Å²) in [5, 5.41) is 3.47. The first-order chi connectivity index (χ1) is 20.6. The minimum absolute atomic E-state index is 0.141. The summed E-state index contributed by atoms with van der Waals surface area (Å²) < 4.78 is 16.4. The number of benzene rings is 2. The molecule has 9 nitrogen and oxygen atoms in total. The van der Waals surface area contributed by atoms with E-state index >= 15 is 0 Å². The van der Waals surface area contributed by atoms with Crippen LogP contribution in [0.4, 0.5) is 10.7 Å². The lowest BCUT2D eigenvalue weighted by atomic mass is 10.0. The molecule has 0 radical (unpaired) electrons. The Hall–Kier alpha value is -3.85. The largest absolute Gasteiger partial charge is 0.493 e. The topological polar surface area (TPSA) is 103 Å². The Balaban J connectivity index is 1.39. The summed E-state index contributed by atoms with van der Waals surface area (Å²) in [6.07, 6.45) is 5.85. The van der Waals surface area contributed by atoms with Crippen molar-refractivity contribution in [2.75, 3.05) is 31.7 Å². The molecule has 0 aliphatic carbocycles. The minimum atomic E-state index is -0.518. The molecule has 2 heterocycles. The maximum absolute atomic E-state index is 12.6. The van der Waals surface area contributed by atoms with Crippen molar-refractivity contribution in [3.63, 3.8) is 0 Å². The number of alkyl carbamates (subject to hydrolysis) is 1. The summed E-state index contributed by atoms with van der Waals surface area (Å²) >= 11 is 6.12. The number of rotatable bonds is 12. The Morgan fingerprint density at radius 1 is 1.07 bits per heavy atom. The van der Waals surface area contributed by atoms with Crippen LogP contribution < -0.4 is 15.0 Å². The van der Waals surface area contributed by atoms with E-state index in [2.05, 4.69) is 15.2 Å². The fourth-order valence-electron chi connectivity index (χ4n) is 5.07. The Bertz CT molecular complexity index is 1380. The number of methoxy groups -OCH3 is 1. The summed E-state index contributed by atoms with van der Waals surface area (Å²) in [5.74, 6) is 0.935. The second kappa shape index (κ2) is 15.0. The van der Waals surface area contributed by atoms with Gasteiger partial charge in [0, 0.05) is 24.3 Å². The second-order valence-corrected chi connectivity index (χ2v) is 12.0. The summed E-state index contributed by atoms with van der Waals surface area (Å²) in [5.41, 5.74) is 2.67. The third-order valence-electron chi connectivity index (χ3n) is 7.13. The Kier molecular flexibility index (Phi) is 11.2. The number of esters is 1. The predicted octanol–water partition coefficient (Wildman–Crippen LogP) is 6.73. The summed E-state index contributed by atoms with van der Waals surface area (Å²) in [6, 6.07) is 15.9. The van der Waals surface area contributed by atoms with Crippen LogP contribution in [0.25, 0.3) is 0 Å². The third-order valence-corrected chi connectivity index (χ3v) is 7.38. The van der Waals surface area contributed by atoms with Gasteiger partial charge in [0.15, 0.2) is 0 Å². The lowest BCUT2D eigenvalue weighted by molar-refractivity contribution is 0.0525. The van der Waals surface area contributed by atoms with Crippen molar-refractivity contribution >= 4 is 29.6 Å². The Morgan fingerprint density at radius 2 is 1.84 bits per heavy atom. The van der Waals surface area contributed by atoms with Crippen LogP contribution in [0.1, 0.15) is 79.7 Å². The van der Waals surface area contributed by atoms with Gasteiger partial charge < -0.3 is 24.4 Å². The Morgan fingerprint density at radius 3 is 2.58 bits per heavy atom. The number of unbranched alkanes of at least 4 members (excludes halogenated alkanes) is 1. The highest BCUT2D eigenvalue weighted by Gasteiger charge is 2.29. The summed E-state index contributed by atoms with van der Waals surface area (Å²) in [6.45, 7) is 7.37. The first-order valence-corrected chi connectivity index (χ1v) is 15.2. The van der Waals surface area contributed by atoms with Gasteiger partial charge in [-0.3, -0.25) is 0 Å². The number of nitrogens with one attached hydrogen (secondary N) is 1. The van der Waals surface area contributed by atoms with Gasteiger partial charge in [-0.2, -0.15) is 0 Å². The zero-order chi connectivity index (χ0) is 30.8. The third kappa shape index (κ3) is 9.32. The van der Waals surface area contributed by atoms with Crippen molar-refractivity contribution in [3.8, 4) is 5.75 Å². The molecule has 1 atom stereocenters. The molecule has 0 bridgehead atoms. The van der Waals surface area contributed by atoms with E-state index in [0.717, 1.165) is 49.1 Å². The number of anilines is 1. The van der Waals surface area contributed by atoms with Crippen LogP contribution in [-0.4, -0.2) is 54.4 Å². The van der Waals surface area contributed by atoms with Crippen molar-refractivity contribution in [3.05, 3.63) is 82.1 Å². The van der Waals surface area contributed by atoms with Crippen LogP contribution in [0.2, 0.25) is 5.02 Å². The fourth-order valence-corrected chi connectivity index (χ4v) is 5.20. The number of hydrogen-bond donors (Lipinski definition) is 1. The van der Waals surface area contributed by atoms with Gasteiger partial charge in [0.05, 0.1) is 31.0 Å². The van der Waals surface area contributed by atoms with Gasteiger partial charge in [0.25, 0.3) is 0 Å². The number of carbonyl (C=O) groups is 2. The molecule has 1 amide bonds. The number of nitrogens with zero attached hydrogens (tertiary/aromatic N) is 3. The number of ether oxygens (including phenoxy) is 3. The normalized spacial score (nSPS) is 14.8. The number of aromatic nitrogens is 2. The molecule has 230 valence electrons. The molecule has 1 unspecified atom stereocenters. The molecule has 0 spiro atoms. The van der Waals surface area contributed by atoms with E-state index in [0.29, 0.717) is 48.2 Å². The molecule has 1 aliphatic rings. The van der Waals surface area contributed by atoms with Gasteiger partial charge in [-0.15, -0.1) is 0 Å². The summed E-state index contributed by atoms with van der Waals surface area (Å²) in [4.78, 5) is 36.1. The maximum atomic E-state index is 12.6. The molecule has 2 aromatic carbocycles. The van der Waals surface area contributed by atoms with Crippen molar-refractivity contribution in [2.24, 2.45) is 0 Å². The van der Waals surface area contributed by atoms with Crippen LogP contribution in [0.15, 0.2) is 54.7 Å². The standard InChI is InChI=1S/C33H41ClN4O5/c1-33(2,3)43-32(40)35-19-7-8-21-42-29-12-6-5-10-24(29)15-18-27-26(30(39)41-4)22-36-31(37-27)38-20-9-11-28(38)23-13-16-25(34)17-14-23/h5-6,10,12-14,16-17,22,28H,7-9,11,15,18-21H2,1-4H3,(H,35,40). The van der Waals surface area contributed by atoms with Crippen molar-refractivity contribution in [1.29, 1.82) is 0 Å². The molecular weight excluding hydrogens is 568 g/mol. The number of amides is 1. The molecular formula is C33H41ClN4O5. The zero-order valence-corrected chi connectivity index (χ0v) is 26.2. The average molecular weight is 609 g/mol. The van der Waals surface area contributed by atoms with E-state index in [1.165, 1.54) is 7.11 Å². The van der Waals surface area contributed by atoms with E-state index in [4.69, 9.17) is 30.8 Å². The average Bonchev–Trinajstić information content (AvgIpc) is 3.47. The van der Waals surface area contributed by atoms with E-state index in [1.54, 1.807) is 6.20 Å². The lowest BCUT2D eigenvalue weighted by Crippen LogP contribution is -2.33. The van der Waals surface area contributed by atoms with Gasteiger partial charge in [0.1, 0.15) is 11.4 Å². The second-order valence-electron chi connectivity index (χ2n) is 11.5. The van der Waals surface area contributed by atoms with Crippen molar-refractivity contribution in [1.82, 2.24) is 15.3 Å². The molecule has 0 saturated carbocycles. The quantitative estimate of drug-likeness (QED) is 0.178. The SMILES string of the molecule is COC(=O)c1cnc(N2CCCC2c2ccc(Cl)cc2)nc1CCc1ccccc1OCCCCNC(=O)OC(C)(C)C.